The van der Waals surface area contributed by atoms with Crippen LogP contribution in [0.3, 0.4) is 0 Å². The molecule has 0 spiro atoms. The van der Waals surface area contributed by atoms with Gasteiger partial charge in [0.05, 0.1) is 6.04 Å². The summed E-state index contributed by atoms with van der Waals surface area (Å²) in [5.41, 5.74) is 0. The van der Waals surface area contributed by atoms with Crippen LogP contribution in [0.4, 0.5) is 4.79 Å². The minimum atomic E-state index is -0.154. The molecule has 0 aliphatic rings. The monoisotopic (exact) mass is 282 g/mol. The number of nitrogens with zero attached hydrogens (tertiary/aromatic N) is 5. The summed E-state index contributed by atoms with van der Waals surface area (Å²) in [4.78, 5) is 20.3. The van der Waals surface area contributed by atoms with Crippen LogP contribution in [-0.2, 0) is 6.54 Å². The van der Waals surface area contributed by atoms with E-state index in [0.717, 1.165) is 18.9 Å². The minimum Gasteiger partial charge on any atom is -0.328 e. The first kappa shape index (κ1) is 16.4. The number of nitrogens with one attached hydrogen (secondary N) is 1. The van der Waals surface area contributed by atoms with Crippen molar-refractivity contribution in [3.05, 3.63) is 12.2 Å². The van der Waals surface area contributed by atoms with E-state index < -0.39 is 0 Å². The topological polar surface area (TPSA) is 66.3 Å². The number of hydrogen-bond acceptors (Lipinski definition) is 4. The van der Waals surface area contributed by atoms with Crippen molar-refractivity contribution >= 4 is 6.03 Å². The summed E-state index contributed by atoms with van der Waals surface area (Å²) in [5.74, 6) is 0.782. The number of urea groups is 1. The number of carbonyl (C=O) groups excluding carboxylic acids is 1. The summed E-state index contributed by atoms with van der Waals surface area (Å²) in [6.45, 7) is 8.90. The molecule has 7 nitrogen and oxygen atoms in total. The quantitative estimate of drug-likeness (QED) is 0.808. The van der Waals surface area contributed by atoms with Crippen LogP contribution in [0.15, 0.2) is 6.33 Å². The summed E-state index contributed by atoms with van der Waals surface area (Å²) in [6.07, 6.45) is 1.52. The van der Waals surface area contributed by atoms with Gasteiger partial charge in [0.2, 0.25) is 0 Å². The lowest BCUT2D eigenvalue weighted by molar-refractivity contribution is 0.191. The van der Waals surface area contributed by atoms with Crippen LogP contribution in [0.25, 0.3) is 0 Å². The highest BCUT2D eigenvalue weighted by atomic mass is 16.2. The summed E-state index contributed by atoms with van der Waals surface area (Å²) in [5, 5.41) is 7.10. The SMILES string of the molecule is CCN(CCN(C)C)C(=O)N[C@H](C)c1ncnn1CC. The number of aromatic nitrogens is 3. The number of carbonyl (C=O) groups is 1. The molecular weight excluding hydrogens is 256 g/mol. The Morgan fingerprint density at radius 1 is 1.40 bits per heavy atom. The largest absolute Gasteiger partial charge is 0.328 e. The Bertz CT molecular complexity index is 417. The Balaban J connectivity index is 2.59. The molecule has 114 valence electrons. The van der Waals surface area contributed by atoms with E-state index in [-0.39, 0.29) is 12.1 Å². The molecular formula is C13H26N6O. The van der Waals surface area contributed by atoms with Crippen molar-refractivity contribution in [1.29, 1.82) is 0 Å². The van der Waals surface area contributed by atoms with Crippen molar-refractivity contribution < 1.29 is 4.79 Å². The predicted octanol–water partition coefficient (Wildman–Crippen LogP) is 0.952. The van der Waals surface area contributed by atoms with Gasteiger partial charge in [-0.3, -0.25) is 0 Å². The molecule has 0 aliphatic heterocycles. The first-order chi connectivity index (χ1) is 9.49. The Hall–Kier alpha value is -1.63. The van der Waals surface area contributed by atoms with Crippen LogP contribution >= 0.6 is 0 Å². The van der Waals surface area contributed by atoms with E-state index in [9.17, 15) is 4.79 Å². The minimum absolute atomic E-state index is 0.0625. The molecule has 1 aromatic rings. The average molecular weight is 282 g/mol. The van der Waals surface area contributed by atoms with Crippen LogP contribution in [0.2, 0.25) is 0 Å². The fourth-order valence-electron chi connectivity index (χ4n) is 1.92. The molecule has 2 amide bonds. The van der Waals surface area contributed by atoms with E-state index in [4.69, 9.17) is 0 Å². The van der Waals surface area contributed by atoms with Crippen molar-refractivity contribution in [2.75, 3.05) is 33.7 Å². The Kier molecular flexibility index (Phi) is 6.44. The average Bonchev–Trinajstić information content (AvgIpc) is 2.87. The van der Waals surface area contributed by atoms with Crippen molar-refractivity contribution in [3.63, 3.8) is 0 Å². The fraction of sp³-hybridized carbons (Fsp3) is 0.769. The molecule has 1 N–H and O–H groups in total. The van der Waals surface area contributed by atoms with Crippen LogP contribution in [0.5, 0.6) is 0 Å². The normalized spacial score (nSPS) is 12.5. The molecule has 0 fully saturated rings. The maximum Gasteiger partial charge on any atom is 0.318 e. The molecule has 20 heavy (non-hydrogen) atoms. The van der Waals surface area contributed by atoms with Gasteiger partial charge in [-0.05, 0) is 34.9 Å². The summed E-state index contributed by atoms with van der Waals surface area (Å²) in [6, 6.07) is -0.217. The van der Waals surface area contributed by atoms with Gasteiger partial charge in [0, 0.05) is 26.2 Å². The summed E-state index contributed by atoms with van der Waals surface area (Å²) >= 11 is 0. The summed E-state index contributed by atoms with van der Waals surface area (Å²) in [7, 11) is 4.00. The molecule has 0 saturated heterocycles. The zero-order valence-electron chi connectivity index (χ0n) is 13.1. The lowest BCUT2D eigenvalue weighted by Gasteiger charge is -2.25. The van der Waals surface area contributed by atoms with Crippen LogP contribution in [0, 0.1) is 0 Å². The zero-order valence-corrected chi connectivity index (χ0v) is 13.1. The van der Waals surface area contributed by atoms with Gasteiger partial charge >= 0.3 is 6.03 Å². The van der Waals surface area contributed by atoms with Gasteiger partial charge in [0.1, 0.15) is 12.2 Å². The molecule has 1 rings (SSSR count). The molecule has 7 heteroatoms. The Morgan fingerprint density at radius 3 is 2.65 bits per heavy atom. The highest BCUT2D eigenvalue weighted by molar-refractivity contribution is 5.74. The predicted molar refractivity (Wildman–Crippen MR) is 78.4 cm³/mol. The lowest BCUT2D eigenvalue weighted by atomic mass is 10.3. The third-order valence-corrected chi connectivity index (χ3v) is 3.16. The van der Waals surface area contributed by atoms with Crippen molar-refractivity contribution in [2.45, 2.75) is 33.4 Å². The standard InChI is InChI=1S/C13H26N6O/c1-6-18(9-8-17(4)5)13(20)16-11(3)12-14-10-15-19(12)7-2/h10-11H,6-9H2,1-5H3,(H,16,20)/t11-/m1/s1. The maximum absolute atomic E-state index is 12.2. The molecule has 1 heterocycles. The smallest absolute Gasteiger partial charge is 0.318 e. The number of aryl methyl sites for hydroxylation is 1. The molecule has 1 aromatic heterocycles. The van der Waals surface area contributed by atoms with Gasteiger partial charge in [-0.1, -0.05) is 0 Å². The van der Waals surface area contributed by atoms with Gasteiger partial charge in [-0.15, -0.1) is 0 Å². The van der Waals surface area contributed by atoms with E-state index >= 15 is 0 Å². The summed E-state index contributed by atoms with van der Waals surface area (Å²) < 4.78 is 1.79. The van der Waals surface area contributed by atoms with Gasteiger partial charge in [0.15, 0.2) is 0 Å². The van der Waals surface area contributed by atoms with Crippen molar-refractivity contribution in [2.24, 2.45) is 0 Å². The number of rotatable bonds is 7. The number of amides is 2. The third-order valence-electron chi connectivity index (χ3n) is 3.16. The van der Waals surface area contributed by atoms with Crippen molar-refractivity contribution in [1.82, 2.24) is 29.9 Å². The second kappa shape index (κ2) is 7.84. The maximum atomic E-state index is 12.2. The van der Waals surface area contributed by atoms with E-state index in [0.29, 0.717) is 13.1 Å². The van der Waals surface area contributed by atoms with Gasteiger partial charge in [-0.25, -0.2) is 14.5 Å². The molecule has 0 unspecified atom stereocenters. The Labute approximate surface area is 121 Å². The highest BCUT2D eigenvalue weighted by Gasteiger charge is 2.18. The first-order valence-corrected chi connectivity index (χ1v) is 7.07. The molecule has 0 bridgehead atoms. The van der Waals surface area contributed by atoms with Crippen molar-refractivity contribution in [3.8, 4) is 0 Å². The molecule has 1 atom stereocenters. The van der Waals surface area contributed by atoms with E-state index in [1.54, 1.807) is 9.58 Å². The molecule has 0 aliphatic carbocycles. The lowest BCUT2D eigenvalue weighted by Crippen LogP contribution is -2.44. The van der Waals surface area contributed by atoms with E-state index in [2.05, 4.69) is 20.3 Å². The number of likely N-dealkylation sites (N-methyl/N-ethyl adjacent to an activating group) is 2. The Morgan fingerprint density at radius 2 is 2.10 bits per heavy atom. The van der Waals surface area contributed by atoms with Gasteiger partial charge in [-0.2, -0.15) is 5.10 Å². The molecule has 0 saturated carbocycles. The molecule has 0 radical (unpaired) electrons. The zero-order chi connectivity index (χ0) is 15.1. The van der Waals surface area contributed by atoms with E-state index in [1.807, 2.05) is 34.9 Å². The van der Waals surface area contributed by atoms with Crippen LogP contribution in [-0.4, -0.2) is 64.3 Å². The van der Waals surface area contributed by atoms with Crippen LogP contribution in [0.1, 0.15) is 32.6 Å². The third kappa shape index (κ3) is 4.48. The van der Waals surface area contributed by atoms with E-state index in [1.165, 1.54) is 6.33 Å². The second-order valence-electron chi connectivity index (χ2n) is 4.99. The second-order valence-corrected chi connectivity index (χ2v) is 4.99. The molecule has 0 aromatic carbocycles. The van der Waals surface area contributed by atoms with Gasteiger partial charge < -0.3 is 15.1 Å². The first-order valence-electron chi connectivity index (χ1n) is 7.07. The fourth-order valence-corrected chi connectivity index (χ4v) is 1.92. The highest BCUT2D eigenvalue weighted by Crippen LogP contribution is 2.08. The van der Waals surface area contributed by atoms with Gasteiger partial charge in [0.25, 0.3) is 0 Å². The van der Waals surface area contributed by atoms with Crippen LogP contribution < -0.4 is 5.32 Å². The number of hydrogen-bond donors (Lipinski definition) is 1.